The lowest BCUT2D eigenvalue weighted by Crippen LogP contribution is -2.56. The molecule has 0 radical (unpaired) electrons. The van der Waals surface area contributed by atoms with Gasteiger partial charge in [0.1, 0.15) is 6.17 Å². The summed E-state index contributed by atoms with van der Waals surface area (Å²) < 4.78 is 14.0. The minimum Gasteiger partial charge on any atom is -0.314 e. The Balaban J connectivity index is 1.49. The minimum atomic E-state index is -0.704. The number of benzene rings is 1. The van der Waals surface area contributed by atoms with Gasteiger partial charge in [0.25, 0.3) is 0 Å². The van der Waals surface area contributed by atoms with Gasteiger partial charge in [-0.3, -0.25) is 9.80 Å². The van der Waals surface area contributed by atoms with E-state index in [4.69, 9.17) is 0 Å². The van der Waals surface area contributed by atoms with E-state index in [1.165, 1.54) is 5.56 Å². The average Bonchev–Trinajstić information content (AvgIpc) is 2.50. The topological polar surface area (TPSA) is 18.5 Å². The normalized spacial score (nSPS) is 29.4. The molecule has 0 spiro atoms. The predicted octanol–water partition coefficient (Wildman–Crippen LogP) is 1.50. The molecule has 20 heavy (non-hydrogen) atoms. The van der Waals surface area contributed by atoms with Gasteiger partial charge >= 0.3 is 0 Å². The summed E-state index contributed by atoms with van der Waals surface area (Å²) in [5.74, 6) is 0. The number of piperazine rings is 1. The lowest BCUT2D eigenvalue weighted by molar-refractivity contribution is 0.0382. The number of hydrogen-bond donors (Lipinski definition) is 1. The molecule has 1 aromatic rings. The molecule has 3 rings (SSSR count). The molecular formula is C16H24FN3. The second-order valence-electron chi connectivity index (χ2n) is 5.87. The van der Waals surface area contributed by atoms with Crippen molar-refractivity contribution in [2.24, 2.45) is 0 Å². The van der Waals surface area contributed by atoms with Crippen LogP contribution >= 0.6 is 0 Å². The molecule has 0 aliphatic carbocycles. The maximum Gasteiger partial charge on any atom is 0.128 e. The number of alkyl halides is 1. The van der Waals surface area contributed by atoms with Crippen molar-refractivity contribution in [2.75, 3.05) is 39.3 Å². The number of hydrogen-bond acceptors (Lipinski definition) is 3. The third-order valence-corrected chi connectivity index (χ3v) is 4.50. The fourth-order valence-corrected chi connectivity index (χ4v) is 3.31. The standard InChI is InChI=1S/C16H24FN3/c17-15-12-18-7-6-16(15)20-10-8-19(9-11-20)13-14-4-2-1-3-5-14/h1-5,15-16,18H,6-13H2/t15-,16+/m1/s1. The molecule has 2 heterocycles. The number of halogens is 1. The van der Waals surface area contributed by atoms with Gasteiger partial charge in [-0.05, 0) is 18.5 Å². The largest absolute Gasteiger partial charge is 0.314 e. The summed E-state index contributed by atoms with van der Waals surface area (Å²) in [6.07, 6.45) is 0.240. The third kappa shape index (κ3) is 3.37. The minimum absolute atomic E-state index is 0.134. The summed E-state index contributed by atoms with van der Waals surface area (Å²) in [4.78, 5) is 4.83. The number of nitrogens with zero attached hydrogens (tertiary/aromatic N) is 2. The van der Waals surface area contributed by atoms with Crippen molar-refractivity contribution in [1.82, 2.24) is 15.1 Å². The number of piperidine rings is 1. The van der Waals surface area contributed by atoms with Crippen molar-refractivity contribution in [3.63, 3.8) is 0 Å². The summed E-state index contributed by atoms with van der Waals surface area (Å²) in [6.45, 7) is 6.58. The van der Waals surface area contributed by atoms with Crippen LogP contribution in [0.5, 0.6) is 0 Å². The van der Waals surface area contributed by atoms with Crippen LogP contribution in [0.1, 0.15) is 12.0 Å². The van der Waals surface area contributed by atoms with Gasteiger partial charge in [-0.25, -0.2) is 4.39 Å². The molecule has 0 saturated carbocycles. The van der Waals surface area contributed by atoms with Crippen LogP contribution < -0.4 is 5.32 Å². The first-order valence-electron chi connectivity index (χ1n) is 7.68. The second kappa shape index (κ2) is 6.66. The summed E-state index contributed by atoms with van der Waals surface area (Å²) in [5, 5.41) is 3.13. The maximum atomic E-state index is 14.0. The van der Waals surface area contributed by atoms with E-state index in [1.807, 2.05) is 0 Å². The highest BCUT2D eigenvalue weighted by atomic mass is 19.1. The highest BCUT2D eigenvalue weighted by Gasteiger charge is 2.31. The van der Waals surface area contributed by atoms with E-state index in [-0.39, 0.29) is 6.04 Å². The zero-order valence-electron chi connectivity index (χ0n) is 12.0. The fourth-order valence-electron chi connectivity index (χ4n) is 3.31. The highest BCUT2D eigenvalue weighted by Crippen LogP contribution is 2.18. The average molecular weight is 277 g/mol. The summed E-state index contributed by atoms with van der Waals surface area (Å²) in [5.41, 5.74) is 1.37. The SMILES string of the molecule is F[C@@H]1CNCC[C@@H]1N1CCN(Cc2ccccc2)CC1. The van der Waals surface area contributed by atoms with Crippen LogP contribution in [-0.4, -0.2) is 61.3 Å². The van der Waals surface area contributed by atoms with Crippen molar-refractivity contribution in [3.05, 3.63) is 35.9 Å². The molecule has 2 aliphatic heterocycles. The monoisotopic (exact) mass is 277 g/mol. The molecule has 0 bridgehead atoms. The second-order valence-corrected chi connectivity index (χ2v) is 5.87. The molecule has 1 aromatic carbocycles. The van der Waals surface area contributed by atoms with Gasteiger partial charge in [0, 0.05) is 45.3 Å². The Kier molecular flexibility index (Phi) is 4.65. The zero-order chi connectivity index (χ0) is 13.8. The van der Waals surface area contributed by atoms with Crippen LogP contribution in [0, 0.1) is 0 Å². The quantitative estimate of drug-likeness (QED) is 0.903. The molecule has 0 aromatic heterocycles. The van der Waals surface area contributed by atoms with Gasteiger partial charge in [-0.2, -0.15) is 0 Å². The Morgan fingerprint density at radius 3 is 2.55 bits per heavy atom. The van der Waals surface area contributed by atoms with Crippen molar-refractivity contribution in [3.8, 4) is 0 Å². The molecule has 4 heteroatoms. The molecule has 2 fully saturated rings. The molecule has 110 valence electrons. The fraction of sp³-hybridized carbons (Fsp3) is 0.625. The first-order valence-corrected chi connectivity index (χ1v) is 7.68. The molecule has 1 N–H and O–H groups in total. The van der Waals surface area contributed by atoms with E-state index < -0.39 is 6.17 Å². The van der Waals surface area contributed by atoms with E-state index in [9.17, 15) is 4.39 Å². The van der Waals surface area contributed by atoms with Crippen LogP contribution in [-0.2, 0) is 6.54 Å². The molecule has 2 atom stereocenters. The zero-order valence-corrected chi connectivity index (χ0v) is 12.0. The maximum absolute atomic E-state index is 14.0. The van der Waals surface area contributed by atoms with E-state index in [2.05, 4.69) is 45.4 Å². The number of nitrogens with one attached hydrogen (secondary N) is 1. The van der Waals surface area contributed by atoms with Gasteiger partial charge < -0.3 is 5.32 Å². The van der Waals surface area contributed by atoms with Crippen LogP contribution in [0.15, 0.2) is 30.3 Å². The highest BCUT2D eigenvalue weighted by molar-refractivity contribution is 5.14. The third-order valence-electron chi connectivity index (χ3n) is 4.50. The number of rotatable bonds is 3. The van der Waals surface area contributed by atoms with Gasteiger partial charge in [-0.15, -0.1) is 0 Å². The van der Waals surface area contributed by atoms with E-state index >= 15 is 0 Å². The van der Waals surface area contributed by atoms with Crippen LogP contribution in [0.2, 0.25) is 0 Å². The van der Waals surface area contributed by atoms with Gasteiger partial charge in [0.15, 0.2) is 0 Å². The molecule has 2 aliphatic rings. The van der Waals surface area contributed by atoms with Crippen LogP contribution in [0.4, 0.5) is 4.39 Å². The van der Waals surface area contributed by atoms with E-state index in [0.29, 0.717) is 6.54 Å². The lowest BCUT2D eigenvalue weighted by Gasteiger charge is -2.42. The Morgan fingerprint density at radius 1 is 1.10 bits per heavy atom. The Labute approximate surface area is 120 Å². The first kappa shape index (κ1) is 14.0. The van der Waals surface area contributed by atoms with Gasteiger partial charge in [-0.1, -0.05) is 30.3 Å². The van der Waals surface area contributed by atoms with Crippen molar-refractivity contribution >= 4 is 0 Å². The molecular weight excluding hydrogens is 253 g/mol. The Morgan fingerprint density at radius 2 is 1.85 bits per heavy atom. The van der Waals surface area contributed by atoms with Gasteiger partial charge in [0.2, 0.25) is 0 Å². The molecule has 0 unspecified atom stereocenters. The predicted molar refractivity (Wildman–Crippen MR) is 79.5 cm³/mol. The summed E-state index contributed by atoms with van der Waals surface area (Å²) >= 11 is 0. The molecule has 3 nitrogen and oxygen atoms in total. The molecule has 0 amide bonds. The first-order chi connectivity index (χ1) is 9.83. The lowest BCUT2D eigenvalue weighted by atomic mass is 10.0. The van der Waals surface area contributed by atoms with Crippen molar-refractivity contribution < 1.29 is 4.39 Å². The van der Waals surface area contributed by atoms with Crippen LogP contribution in [0.3, 0.4) is 0 Å². The Hall–Kier alpha value is -0.970. The van der Waals surface area contributed by atoms with Crippen molar-refractivity contribution in [1.29, 1.82) is 0 Å². The van der Waals surface area contributed by atoms with E-state index in [0.717, 1.165) is 45.7 Å². The van der Waals surface area contributed by atoms with E-state index in [1.54, 1.807) is 0 Å². The Bertz CT molecular complexity index is 403. The van der Waals surface area contributed by atoms with Crippen molar-refractivity contribution in [2.45, 2.75) is 25.2 Å². The summed E-state index contributed by atoms with van der Waals surface area (Å²) in [6, 6.07) is 10.7. The molecule has 2 saturated heterocycles. The van der Waals surface area contributed by atoms with Crippen LogP contribution in [0.25, 0.3) is 0 Å². The smallest absolute Gasteiger partial charge is 0.128 e. The summed E-state index contributed by atoms with van der Waals surface area (Å²) in [7, 11) is 0. The van der Waals surface area contributed by atoms with Gasteiger partial charge in [0.05, 0.1) is 0 Å².